The third-order valence-electron chi connectivity index (χ3n) is 3.57. The number of carbonyl (C=O) groups is 2. The Kier molecular flexibility index (Phi) is 4.59. The first kappa shape index (κ1) is 16.4. The number of nitrogens with one attached hydrogen (secondary N) is 1. The number of esters is 2. The average molecular weight is 322 g/mol. The van der Waals surface area contributed by atoms with Crippen LogP contribution in [0.15, 0.2) is 0 Å². The molecule has 0 spiro atoms. The summed E-state index contributed by atoms with van der Waals surface area (Å²) in [7, 11) is 0. The number of ether oxygens (including phenoxy) is 2. The predicted molar refractivity (Wildman–Crippen MR) is 73.0 cm³/mol. The van der Waals surface area contributed by atoms with Crippen molar-refractivity contribution in [2.24, 2.45) is 0 Å². The summed E-state index contributed by atoms with van der Waals surface area (Å²) in [6.07, 6.45) is -0.818. The largest absolute Gasteiger partial charge is 0.459 e. The zero-order valence-electron chi connectivity index (χ0n) is 12.4. The maximum absolute atomic E-state index is 11.3. The topological polar surface area (TPSA) is 148 Å². The van der Waals surface area contributed by atoms with Crippen LogP contribution in [0.4, 0.5) is 5.69 Å². The van der Waals surface area contributed by atoms with Crippen molar-refractivity contribution in [3.8, 4) is 6.07 Å². The van der Waals surface area contributed by atoms with Gasteiger partial charge in [0, 0.05) is 19.8 Å². The van der Waals surface area contributed by atoms with E-state index < -0.39 is 40.7 Å². The molecule has 10 heteroatoms. The molecule has 1 fully saturated rings. The first-order chi connectivity index (χ1) is 10.8. The van der Waals surface area contributed by atoms with Crippen LogP contribution < -0.4 is 0 Å². The number of rotatable bonds is 4. The standard InChI is InChI=1S/C13H14N4O6/c1-6(18)22-10-4-3-8(13(10)23-7(2)19)11-12(17(20)21)9(5-14)15-16-11/h8,10,13H,3-4H2,1-2H3,(H,15,16)/t8-,10+,13-/m0/s1. The fourth-order valence-corrected chi connectivity index (χ4v) is 2.80. The summed E-state index contributed by atoms with van der Waals surface area (Å²) in [5, 5.41) is 26.2. The molecule has 1 heterocycles. The maximum atomic E-state index is 11.3. The normalized spacial score (nSPS) is 23.1. The van der Waals surface area contributed by atoms with Gasteiger partial charge in [-0.1, -0.05) is 0 Å². The number of nitrogens with zero attached hydrogens (tertiary/aromatic N) is 3. The molecule has 3 atom stereocenters. The van der Waals surface area contributed by atoms with Crippen molar-refractivity contribution in [3.05, 3.63) is 21.5 Å². The second kappa shape index (κ2) is 6.43. The van der Waals surface area contributed by atoms with Gasteiger partial charge in [0.05, 0.1) is 4.92 Å². The van der Waals surface area contributed by atoms with Crippen LogP contribution in [0.3, 0.4) is 0 Å². The van der Waals surface area contributed by atoms with Gasteiger partial charge in [-0.05, 0) is 12.8 Å². The monoisotopic (exact) mass is 322 g/mol. The van der Waals surface area contributed by atoms with E-state index in [-0.39, 0.29) is 11.4 Å². The summed E-state index contributed by atoms with van der Waals surface area (Å²) in [6, 6.07) is 1.64. The first-order valence-electron chi connectivity index (χ1n) is 6.82. The minimum absolute atomic E-state index is 0.0902. The Morgan fingerprint density at radius 2 is 2.00 bits per heavy atom. The molecule has 1 aromatic heterocycles. The highest BCUT2D eigenvalue weighted by molar-refractivity contribution is 5.67. The summed E-state index contributed by atoms with van der Waals surface area (Å²) < 4.78 is 10.3. The lowest BCUT2D eigenvalue weighted by atomic mass is 9.99. The van der Waals surface area contributed by atoms with Gasteiger partial charge in [-0.2, -0.15) is 10.4 Å². The molecule has 0 aromatic carbocycles. The number of aromatic nitrogens is 2. The number of nitro groups is 1. The van der Waals surface area contributed by atoms with Crippen molar-refractivity contribution in [1.82, 2.24) is 10.2 Å². The summed E-state index contributed by atoms with van der Waals surface area (Å²) in [5.74, 6) is -1.75. The molecule has 23 heavy (non-hydrogen) atoms. The Morgan fingerprint density at radius 3 is 2.52 bits per heavy atom. The second-order valence-corrected chi connectivity index (χ2v) is 5.11. The van der Waals surface area contributed by atoms with Gasteiger partial charge in [-0.15, -0.1) is 0 Å². The molecule has 1 aliphatic carbocycles. The van der Waals surface area contributed by atoms with Crippen LogP contribution in [-0.2, 0) is 19.1 Å². The lowest BCUT2D eigenvalue weighted by Crippen LogP contribution is -2.33. The molecular weight excluding hydrogens is 308 g/mol. The van der Waals surface area contributed by atoms with E-state index in [0.717, 1.165) is 0 Å². The third-order valence-corrected chi connectivity index (χ3v) is 3.57. The van der Waals surface area contributed by atoms with Gasteiger partial charge in [-0.3, -0.25) is 24.8 Å². The zero-order chi connectivity index (χ0) is 17.1. The van der Waals surface area contributed by atoms with E-state index in [1.54, 1.807) is 6.07 Å². The summed E-state index contributed by atoms with van der Waals surface area (Å²) >= 11 is 0. The predicted octanol–water partition coefficient (Wildman–Crippen LogP) is 0.930. The van der Waals surface area contributed by atoms with Crippen LogP contribution in [0.2, 0.25) is 0 Å². The lowest BCUT2D eigenvalue weighted by molar-refractivity contribution is -0.386. The van der Waals surface area contributed by atoms with E-state index in [4.69, 9.17) is 14.7 Å². The highest BCUT2D eigenvalue weighted by Crippen LogP contribution is 2.41. The van der Waals surface area contributed by atoms with Gasteiger partial charge in [0.25, 0.3) is 0 Å². The quantitative estimate of drug-likeness (QED) is 0.489. The van der Waals surface area contributed by atoms with Gasteiger partial charge < -0.3 is 9.47 Å². The molecule has 1 N–H and O–H groups in total. The molecule has 0 aliphatic heterocycles. The van der Waals surface area contributed by atoms with Crippen molar-refractivity contribution >= 4 is 17.6 Å². The highest BCUT2D eigenvalue weighted by Gasteiger charge is 2.46. The van der Waals surface area contributed by atoms with Crippen molar-refractivity contribution < 1.29 is 24.0 Å². The first-order valence-corrected chi connectivity index (χ1v) is 6.82. The molecule has 0 radical (unpaired) electrons. The van der Waals surface area contributed by atoms with Crippen molar-refractivity contribution in [3.63, 3.8) is 0 Å². The van der Waals surface area contributed by atoms with Crippen molar-refractivity contribution in [2.45, 2.75) is 44.8 Å². The molecule has 0 amide bonds. The molecule has 1 saturated carbocycles. The molecule has 1 aromatic rings. The Hall–Kier alpha value is -2.96. The van der Waals surface area contributed by atoms with Crippen molar-refractivity contribution in [1.29, 1.82) is 5.26 Å². The van der Waals surface area contributed by atoms with E-state index in [2.05, 4.69) is 10.2 Å². The lowest BCUT2D eigenvalue weighted by Gasteiger charge is -2.23. The molecule has 0 unspecified atom stereocenters. The van der Waals surface area contributed by atoms with Crippen molar-refractivity contribution in [2.75, 3.05) is 0 Å². The molecule has 0 bridgehead atoms. The van der Waals surface area contributed by atoms with Crippen LogP contribution in [-0.4, -0.2) is 39.3 Å². The van der Waals surface area contributed by atoms with Crippen LogP contribution in [0.5, 0.6) is 0 Å². The number of carbonyl (C=O) groups excluding carboxylic acids is 2. The average Bonchev–Trinajstić information content (AvgIpc) is 3.02. The number of H-pyrrole nitrogens is 1. The number of hydrogen-bond donors (Lipinski definition) is 1. The minimum atomic E-state index is -0.873. The minimum Gasteiger partial charge on any atom is -0.459 e. The number of aromatic amines is 1. The van der Waals surface area contributed by atoms with Gasteiger partial charge in [0.2, 0.25) is 5.69 Å². The highest BCUT2D eigenvalue weighted by atomic mass is 16.6. The fraction of sp³-hybridized carbons (Fsp3) is 0.538. The summed E-state index contributed by atoms with van der Waals surface area (Å²) in [5.41, 5.74) is -0.701. The smallest absolute Gasteiger partial charge is 0.328 e. The number of hydrogen-bond acceptors (Lipinski definition) is 8. The van der Waals surface area contributed by atoms with E-state index in [9.17, 15) is 19.7 Å². The molecule has 10 nitrogen and oxygen atoms in total. The summed E-state index contributed by atoms with van der Waals surface area (Å²) in [4.78, 5) is 33.0. The fourth-order valence-electron chi connectivity index (χ4n) is 2.80. The zero-order valence-corrected chi connectivity index (χ0v) is 12.4. The van der Waals surface area contributed by atoms with Gasteiger partial charge in [-0.25, -0.2) is 0 Å². The van der Waals surface area contributed by atoms with Crippen LogP contribution >= 0.6 is 0 Å². The third kappa shape index (κ3) is 3.28. The number of nitriles is 1. The van der Waals surface area contributed by atoms with Crippen LogP contribution in [0, 0.1) is 21.4 Å². The Labute approximate surface area is 130 Å². The van der Waals surface area contributed by atoms with E-state index in [0.29, 0.717) is 12.8 Å². The van der Waals surface area contributed by atoms with Gasteiger partial charge in [0.1, 0.15) is 24.0 Å². The van der Waals surface area contributed by atoms with Crippen LogP contribution in [0.1, 0.15) is 44.0 Å². The molecule has 1 aliphatic rings. The van der Waals surface area contributed by atoms with Gasteiger partial charge in [0.15, 0.2) is 0 Å². The van der Waals surface area contributed by atoms with E-state index >= 15 is 0 Å². The van der Waals surface area contributed by atoms with Gasteiger partial charge >= 0.3 is 17.6 Å². The Morgan fingerprint density at radius 1 is 1.35 bits per heavy atom. The second-order valence-electron chi connectivity index (χ2n) is 5.11. The van der Waals surface area contributed by atoms with E-state index in [1.165, 1.54) is 13.8 Å². The maximum Gasteiger partial charge on any atom is 0.328 e. The van der Waals surface area contributed by atoms with E-state index in [1.807, 2.05) is 0 Å². The molecule has 2 rings (SSSR count). The molecule has 122 valence electrons. The molecule has 0 saturated heterocycles. The Balaban J connectivity index is 2.39. The molecular formula is C13H14N4O6. The summed E-state index contributed by atoms with van der Waals surface area (Å²) in [6.45, 7) is 2.42. The van der Waals surface area contributed by atoms with Crippen LogP contribution in [0.25, 0.3) is 0 Å². The Bertz CT molecular complexity index is 691. The SMILES string of the molecule is CC(=O)O[C@@H]1[C@H](OC(C)=O)CC[C@H]1c1[nH]nc(C#N)c1[N+](=O)[O-].